The molecular weight excluding hydrogens is 400 g/mol. The molecule has 0 radical (unpaired) electrons. The minimum atomic E-state index is -0.608. The van der Waals surface area contributed by atoms with E-state index in [1.807, 2.05) is 31.2 Å². The highest BCUT2D eigenvalue weighted by Gasteiger charge is 2.17. The number of benzene rings is 2. The number of hydrogen-bond acceptors (Lipinski definition) is 4. The van der Waals surface area contributed by atoms with E-state index in [2.05, 4.69) is 21.2 Å². The Labute approximate surface area is 152 Å². The number of nitrogens with zero attached hydrogens (tertiary/aromatic N) is 1. The predicted molar refractivity (Wildman–Crippen MR) is 94.3 cm³/mol. The Morgan fingerprint density at radius 2 is 2.00 bits per heavy atom. The first-order chi connectivity index (χ1) is 11.4. The maximum absolute atomic E-state index is 12.0. The highest BCUT2D eigenvalue weighted by atomic mass is 79.9. The van der Waals surface area contributed by atoms with Crippen LogP contribution in [0, 0.1) is 10.1 Å². The smallest absolute Gasteiger partial charge is 0.312 e. The molecule has 0 spiro atoms. The third-order valence-electron chi connectivity index (χ3n) is 3.22. The van der Waals surface area contributed by atoms with Gasteiger partial charge in [-0.15, -0.1) is 0 Å². The van der Waals surface area contributed by atoms with Crippen LogP contribution in [0.2, 0.25) is 5.02 Å². The van der Waals surface area contributed by atoms with Crippen LogP contribution in [0.25, 0.3) is 0 Å². The minimum Gasteiger partial charge on any atom is -0.477 e. The molecule has 1 amide bonds. The zero-order valence-electron chi connectivity index (χ0n) is 12.7. The fourth-order valence-electron chi connectivity index (χ4n) is 2.02. The van der Waals surface area contributed by atoms with Crippen LogP contribution in [0.5, 0.6) is 5.75 Å². The lowest BCUT2D eigenvalue weighted by Crippen LogP contribution is -2.31. The van der Waals surface area contributed by atoms with Crippen molar-refractivity contribution in [2.45, 2.75) is 13.0 Å². The number of nitro groups is 1. The summed E-state index contributed by atoms with van der Waals surface area (Å²) in [5.41, 5.74) is 0.653. The van der Waals surface area contributed by atoms with E-state index < -0.39 is 4.92 Å². The van der Waals surface area contributed by atoms with E-state index >= 15 is 0 Å². The topological polar surface area (TPSA) is 81.5 Å². The van der Waals surface area contributed by atoms with Crippen LogP contribution in [-0.4, -0.2) is 17.4 Å². The Morgan fingerprint density at radius 1 is 1.33 bits per heavy atom. The van der Waals surface area contributed by atoms with Gasteiger partial charge in [0, 0.05) is 15.6 Å². The molecule has 0 aromatic heterocycles. The van der Waals surface area contributed by atoms with Crippen LogP contribution in [0.15, 0.2) is 46.9 Å². The monoisotopic (exact) mass is 412 g/mol. The quantitative estimate of drug-likeness (QED) is 0.566. The Bertz CT molecular complexity index is 752. The average molecular weight is 414 g/mol. The predicted octanol–water partition coefficient (Wildman–Crippen LogP) is 4.27. The molecule has 0 fully saturated rings. The molecule has 1 N–H and O–H groups in total. The Morgan fingerprint density at radius 3 is 2.62 bits per heavy atom. The fraction of sp³-hybridized carbons (Fsp3) is 0.188. The van der Waals surface area contributed by atoms with E-state index in [1.165, 1.54) is 18.2 Å². The first-order valence-electron chi connectivity index (χ1n) is 6.98. The molecule has 0 bridgehead atoms. The van der Waals surface area contributed by atoms with Gasteiger partial charge in [0.2, 0.25) is 0 Å². The van der Waals surface area contributed by atoms with Gasteiger partial charge in [0.25, 0.3) is 5.91 Å². The largest absolute Gasteiger partial charge is 0.477 e. The molecule has 2 rings (SSSR count). The number of hydrogen-bond donors (Lipinski definition) is 1. The highest BCUT2D eigenvalue weighted by Crippen LogP contribution is 2.29. The number of amides is 1. The average Bonchev–Trinajstić information content (AvgIpc) is 2.54. The molecule has 24 heavy (non-hydrogen) atoms. The van der Waals surface area contributed by atoms with Crippen molar-refractivity contribution >= 4 is 39.1 Å². The Kier molecular flexibility index (Phi) is 6.16. The Hall–Kier alpha value is -2.12. The van der Waals surface area contributed by atoms with Crippen LogP contribution in [0.3, 0.4) is 0 Å². The number of rotatable bonds is 6. The number of halogens is 2. The first kappa shape index (κ1) is 18.2. The van der Waals surface area contributed by atoms with Crippen molar-refractivity contribution < 1.29 is 14.5 Å². The fourth-order valence-corrected chi connectivity index (χ4v) is 2.45. The van der Waals surface area contributed by atoms with Crippen molar-refractivity contribution in [2.75, 3.05) is 6.61 Å². The van der Waals surface area contributed by atoms with Crippen molar-refractivity contribution in [3.8, 4) is 5.75 Å². The van der Waals surface area contributed by atoms with E-state index in [9.17, 15) is 14.9 Å². The van der Waals surface area contributed by atoms with Crippen molar-refractivity contribution in [3.05, 3.63) is 67.6 Å². The summed E-state index contributed by atoms with van der Waals surface area (Å²) >= 11 is 9.08. The summed E-state index contributed by atoms with van der Waals surface area (Å²) in [5, 5.41) is 14.0. The lowest BCUT2D eigenvalue weighted by Gasteiger charge is -2.15. The molecule has 1 atom stereocenters. The zero-order valence-corrected chi connectivity index (χ0v) is 15.0. The summed E-state index contributed by atoms with van der Waals surface area (Å²) in [5.74, 6) is -0.384. The van der Waals surface area contributed by atoms with Gasteiger partial charge in [0.15, 0.2) is 12.4 Å². The van der Waals surface area contributed by atoms with E-state index in [4.69, 9.17) is 16.3 Å². The molecule has 0 saturated heterocycles. The van der Waals surface area contributed by atoms with Gasteiger partial charge in [-0.25, -0.2) is 0 Å². The second-order valence-electron chi connectivity index (χ2n) is 5.00. The lowest BCUT2D eigenvalue weighted by atomic mass is 10.1. The van der Waals surface area contributed by atoms with Gasteiger partial charge < -0.3 is 10.1 Å². The summed E-state index contributed by atoms with van der Waals surface area (Å²) in [6.45, 7) is 1.51. The van der Waals surface area contributed by atoms with E-state index in [0.29, 0.717) is 0 Å². The van der Waals surface area contributed by atoms with E-state index in [1.54, 1.807) is 0 Å². The molecule has 6 nitrogen and oxygen atoms in total. The molecule has 0 aliphatic rings. The summed E-state index contributed by atoms with van der Waals surface area (Å²) in [4.78, 5) is 22.3. The van der Waals surface area contributed by atoms with Gasteiger partial charge in [-0.2, -0.15) is 0 Å². The summed E-state index contributed by atoms with van der Waals surface area (Å²) in [7, 11) is 0. The number of nitro benzene ring substituents is 1. The first-order valence-corrected chi connectivity index (χ1v) is 8.15. The molecule has 1 unspecified atom stereocenters. The van der Waals surface area contributed by atoms with E-state index in [0.717, 1.165) is 10.0 Å². The normalized spacial score (nSPS) is 11.6. The second kappa shape index (κ2) is 8.12. The molecule has 0 aliphatic carbocycles. The van der Waals surface area contributed by atoms with Crippen molar-refractivity contribution in [1.82, 2.24) is 5.32 Å². The van der Waals surface area contributed by atoms with Crippen LogP contribution in [-0.2, 0) is 4.79 Å². The van der Waals surface area contributed by atoms with Crippen LogP contribution in [0.4, 0.5) is 5.69 Å². The SMILES string of the molecule is CC(NC(=O)COc1ccc(Cl)cc1[N+](=O)[O-])c1ccc(Br)cc1. The third-order valence-corrected chi connectivity index (χ3v) is 3.99. The van der Waals surface area contributed by atoms with Crippen LogP contribution < -0.4 is 10.1 Å². The molecular formula is C16H14BrClN2O4. The highest BCUT2D eigenvalue weighted by molar-refractivity contribution is 9.10. The molecule has 0 aliphatic heterocycles. The van der Waals surface area contributed by atoms with Gasteiger partial charge in [-0.1, -0.05) is 39.7 Å². The number of ether oxygens (including phenoxy) is 1. The third kappa shape index (κ3) is 4.94. The maximum Gasteiger partial charge on any atom is 0.312 e. The second-order valence-corrected chi connectivity index (χ2v) is 6.35. The Balaban J connectivity index is 1.96. The molecule has 2 aromatic rings. The maximum atomic E-state index is 12.0. The summed E-state index contributed by atoms with van der Waals surface area (Å²) < 4.78 is 6.20. The molecule has 0 saturated carbocycles. The van der Waals surface area contributed by atoms with Crippen LogP contribution in [0.1, 0.15) is 18.5 Å². The summed E-state index contributed by atoms with van der Waals surface area (Å²) in [6.07, 6.45) is 0. The number of carbonyl (C=O) groups is 1. The number of nitrogens with one attached hydrogen (secondary N) is 1. The van der Waals surface area contributed by atoms with Crippen molar-refractivity contribution in [1.29, 1.82) is 0 Å². The van der Waals surface area contributed by atoms with Gasteiger partial charge in [0.1, 0.15) is 0 Å². The zero-order chi connectivity index (χ0) is 17.7. The van der Waals surface area contributed by atoms with Gasteiger partial charge in [0.05, 0.1) is 11.0 Å². The van der Waals surface area contributed by atoms with E-state index in [-0.39, 0.29) is 35.0 Å². The van der Waals surface area contributed by atoms with Crippen molar-refractivity contribution in [2.24, 2.45) is 0 Å². The molecule has 8 heteroatoms. The minimum absolute atomic E-state index is 0.00385. The van der Waals surface area contributed by atoms with Gasteiger partial charge in [-0.3, -0.25) is 14.9 Å². The standard InChI is InChI=1S/C16H14BrClN2O4/c1-10(11-2-4-12(17)5-3-11)19-16(21)9-24-15-7-6-13(18)8-14(15)20(22)23/h2-8,10H,9H2,1H3,(H,19,21). The van der Waals surface area contributed by atoms with Crippen molar-refractivity contribution in [3.63, 3.8) is 0 Å². The molecule has 0 heterocycles. The lowest BCUT2D eigenvalue weighted by molar-refractivity contribution is -0.385. The van der Waals surface area contributed by atoms with Gasteiger partial charge in [-0.05, 0) is 36.8 Å². The van der Waals surface area contributed by atoms with Gasteiger partial charge >= 0.3 is 5.69 Å². The molecule has 2 aromatic carbocycles. The van der Waals surface area contributed by atoms with Crippen LogP contribution >= 0.6 is 27.5 Å². The summed E-state index contributed by atoms with van der Waals surface area (Å²) in [6, 6.07) is 11.3. The number of carbonyl (C=O) groups excluding carboxylic acids is 1. The molecule has 126 valence electrons.